The molecule has 4 aliphatic carbocycles. The predicted molar refractivity (Wildman–Crippen MR) is 191 cm³/mol. The topological polar surface area (TPSA) is 175 Å². The molecule has 54 heavy (non-hydrogen) atoms. The molecule has 18 unspecified atom stereocenters. The van der Waals surface area contributed by atoms with Crippen molar-refractivity contribution < 1.29 is 58.4 Å². The van der Waals surface area contributed by atoms with Crippen LogP contribution < -0.4 is 5.32 Å². The summed E-state index contributed by atoms with van der Waals surface area (Å²) in [4.78, 5) is 12.5. The maximum absolute atomic E-state index is 12.5. The number of aliphatic hydroxyl groups is 4. The molecule has 4 saturated carbocycles. The molecule has 0 aromatic carbocycles. The van der Waals surface area contributed by atoms with Gasteiger partial charge in [0, 0.05) is 37.0 Å². The summed E-state index contributed by atoms with van der Waals surface area (Å²) in [5, 5.41) is 45.7. The molecular formula is C41H65NO12. The maximum Gasteiger partial charge on any atom is 0.222 e. The Kier molecular flexibility index (Phi) is 10.1. The van der Waals surface area contributed by atoms with E-state index in [-0.39, 0.29) is 47.5 Å². The van der Waals surface area contributed by atoms with E-state index in [1.54, 1.807) is 13.8 Å². The van der Waals surface area contributed by atoms with E-state index in [4.69, 9.17) is 33.2 Å². The van der Waals surface area contributed by atoms with E-state index in [1.807, 2.05) is 6.92 Å². The summed E-state index contributed by atoms with van der Waals surface area (Å²) in [5.41, 5.74) is 0.252. The molecule has 9 aliphatic rings. The smallest absolute Gasteiger partial charge is 0.222 e. The molecule has 2 bridgehead atoms. The van der Waals surface area contributed by atoms with E-state index in [2.05, 4.69) is 19.2 Å². The highest BCUT2D eigenvalue weighted by atomic mass is 16.7. The molecule has 0 spiro atoms. The van der Waals surface area contributed by atoms with E-state index in [0.29, 0.717) is 42.4 Å². The van der Waals surface area contributed by atoms with Gasteiger partial charge in [-0.3, -0.25) is 4.79 Å². The van der Waals surface area contributed by atoms with Crippen molar-refractivity contribution in [2.75, 3.05) is 0 Å². The molecule has 5 N–H and O–H groups in total. The fraction of sp³-hybridized carbons (Fsp3) is 0.976. The lowest BCUT2D eigenvalue weighted by atomic mass is 9.42. The van der Waals surface area contributed by atoms with Crippen molar-refractivity contribution in [1.82, 2.24) is 5.32 Å². The number of hydrogen-bond acceptors (Lipinski definition) is 12. The Bertz CT molecular complexity index is 1370. The summed E-state index contributed by atoms with van der Waals surface area (Å²) in [6.45, 7) is 10.4. The zero-order valence-electron chi connectivity index (χ0n) is 32.7. The highest BCUT2D eigenvalue weighted by Crippen LogP contribution is 2.73. The number of carbonyl (C=O) groups excluding carboxylic acids is 1. The second-order valence-corrected chi connectivity index (χ2v) is 19.4. The zero-order chi connectivity index (χ0) is 37.9. The van der Waals surface area contributed by atoms with Gasteiger partial charge in [-0.1, -0.05) is 13.8 Å². The lowest BCUT2D eigenvalue weighted by Gasteiger charge is -2.67. The molecule has 9 rings (SSSR count). The normalized spacial score (nSPS) is 58.4. The van der Waals surface area contributed by atoms with Crippen molar-refractivity contribution in [2.24, 2.45) is 40.4 Å². The summed E-state index contributed by atoms with van der Waals surface area (Å²) in [6.07, 6.45) is 2.48. The third-order valence-electron chi connectivity index (χ3n) is 16.7. The Morgan fingerprint density at radius 2 is 1.28 bits per heavy atom. The van der Waals surface area contributed by atoms with Gasteiger partial charge in [0.25, 0.3) is 0 Å². The predicted octanol–water partition coefficient (Wildman–Crippen LogP) is 3.26. The van der Waals surface area contributed by atoms with E-state index in [0.717, 1.165) is 25.7 Å². The highest BCUT2D eigenvalue weighted by molar-refractivity contribution is 5.79. The summed E-state index contributed by atoms with van der Waals surface area (Å²) < 4.78 is 44.2. The van der Waals surface area contributed by atoms with Crippen LogP contribution in [0, 0.1) is 40.4 Å². The van der Waals surface area contributed by atoms with Gasteiger partial charge in [0.1, 0.15) is 24.5 Å². The SMILES string of the molecule is CC1OC(OC2C(O)CC(OC3C(O)CC(OC4CC[C@@]5(C)C(CCC6C5CC[C@]5(C)C7CC[C@]65O[C@@H]5NC(=O)CC75)C4)OC3C)OC2C)CC(O)C1O. The average molecular weight is 764 g/mol. The minimum atomic E-state index is -0.989. The number of carbonyl (C=O) groups is 1. The Morgan fingerprint density at radius 3 is 1.93 bits per heavy atom. The third-order valence-corrected chi connectivity index (χ3v) is 16.7. The molecule has 5 saturated heterocycles. The third kappa shape index (κ3) is 6.16. The number of fused-ring (bicyclic) bond motifs is 5. The summed E-state index contributed by atoms with van der Waals surface area (Å²) in [6, 6.07) is 0. The first-order valence-electron chi connectivity index (χ1n) is 21.3. The van der Waals surface area contributed by atoms with Crippen LogP contribution in [-0.2, 0) is 38.0 Å². The van der Waals surface area contributed by atoms with Gasteiger partial charge in [-0.05, 0) is 108 Å². The van der Waals surface area contributed by atoms with Gasteiger partial charge in [0.05, 0.1) is 48.3 Å². The molecule has 0 aromatic rings. The largest absolute Gasteiger partial charge is 0.390 e. The van der Waals surface area contributed by atoms with E-state index in [1.165, 1.54) is 32.1 Å². The summed E-state index contributed by atoms with van der Waals surface area (Å²) >= 11 is 0. The Balaban J connectivity index is 0.776. The van der Waals surface area contributed by atoms with Gasteiger partial charge in [0.2, 0.25) is 5.91 Å². The van der Waals surface area contributed by atoms with Crippen molar-refractivity contribution in [3.05, 3.63) is 0 Å². The average Bonchev–Trinajstić information content (AvgIpc) is 3.57. The van der Waals surface area contributed by atoms with Crippen LogP contribution in [0.3, 0.4) is 0 Å². The summed E-state index contributed by atoms with van der Waals surface area (Å²) in [7, 11) is 0. The number of hydrogen-bond donors (Lipinski definition) is 5. The molecule has 0 radical (unpaired) electrons. The second-order valence-electron chi connectivity index (χ2n) is 19.4. The molecule has 13 heteroatoms. The minimum Gasteiger partial charge on any atom is -0.390 e. The van der Waals surface area contributed by atoms with Crippen LogP contribution in [0.25, 0.3) is 0 Å². The van der Waals surface area contributed by atoms with Gasteiger partial charge >= 0.3 is 0 Å². The molecule has 22 atom stereocenters. The lowest BCUT2D eigenvalue weighted by molar-refractivity contribution is -0.336. The summed E-state index contributed by atoms with van der Waals surface area (Å²) in [5.74, 6) is 2.76. The van der Waals surface area contributed by atoms with Crippen molar-refractivity contribution in [1.29, 1.82) is 0 Å². The van der Waals surface area contributed by atoms with Crippen LogP contribution in [-0.4, -0.2) is 118 Å². The second kappa shape index (κ2) is 14.1. The van der Waals surface area contributed by atoms with Crippen molar-refractivity contribution >= 4 is 5.91 Å². The van der Waals surface area contributed by atoms with Crippen LogP contribution >= 0.6 is 0 Å². The Labute approximate surface area is 319 Å². The molecule has 5 heterocycles. The first-order chi connectivity index (χ1) is 25.7. The number of aliphatic hydroxyl groups excluding tert-OH is 4. The van der Waals surface area contributed by atoms with Crippen LogP contribution in [0.4, 0.5) is 0 Å². The highest BCUT2D eigenvalue weighted by Gasteiger charge is 2.73. The van der Waals surface area contributed by atoms with Crippen molar-refractivity contribution in [3.63, 3.8) is 0 Å². The Hall–Kier alpha value is -0.970. The van der Waals surface area contributed by atoms with Gasteiger partial charge in [-0.25, -0.2) is 0 Å². The van der Waals surface area contributed by atoms with Gasteiger partial charge in [-0.15, -0.1) is 0 Å². The molecule has 9 fully saturated rings. The molecular weight excluding hydrogens is 698 g/mol. The quantitative estimate of drug-likeness (QED) is 0.251. The number of nitrogens with one attached hydrogen (secondary N) is 1. The fourth-order valence-electron chi connectivity index (χ4n) is 13.9. The van der Waals surface area contributed by atoms with Gasteiger partial charge in [-0.2, -0.15) is 0 Å². The van der Waals surface area contributed by atoms with Gasteiger partial charge in [0.15, 0.2) is 18.9 Å². The van der Waals surface area contributed by atoms with Crippen LogP contribution in [0.2, 0.25) is 0 Å². The first-order valence-corrected chi connectivity index (χ1v) is 21.3. The van der Waals surface area contributed by atoms with Crippen molar-refractivity contribution in [2.45, 2.75) is 210 Å². The molecule has 0 aromatic heterocycles. The standard InChI is InChI=1S/C41H65NO12/c1-19-35(47)28(43)16-33(48-19)52-37-21(3)50-34(18-30(37)45)53-36-20(2)49-32(17-29(36)44)51-23-8-11-39(4)22(14-23)6-7-27-26(39)9-12-40(5)25-10-13-41(27,40)54-38-24(25)15-31(46)42-38/h19-30,32-38,43-45,47H,6-18H2,1-5H3,(H,42,46)/t19?,20?,21?,22?,23?,24?,25?,26?,27?,28?,29?,30?,32?,33?,34?,35?,36?,37?,38-,39-,40+,41-/m0/s1. The number of amides is 1. The molecule has 5 aliphatic heterocycles. The molecule has 13 nitrogen and oxygen atoms in total. The van der Waals surface area contributed by atoms with E-state index >= 15 is 0 Å². The maximum atomic E-state index is 12.5. The molecule has 306 valence electrons. The van der Waals surface area contributed by atoms with Gasteiger partial charge < -0.3 is 58.9 Å². The van der Waals surface area contributed by atoms with Crippen LogP contribution in [0.5, 0.6) is 0 Å². The minimum absolute atomic E-state index is 0.0693. The fourth-order valence-corrected chi connectivity index (χ4v) is 13.9. The number of ether oxygens (including phenoxy) is 7. The van der Waals surface area contributed by atoms with E-state index in [9.17, 15) is 25.2 Å². The number of rotatable bonds is 6. The first kappa shape index (κ1) is 38.5. The molecule has 1 amide bonds. The zero-order valence-corrected chi connectivity index (χ0v) is 32.7. The van der Waals surface area contributed by atoms with Crippen LogP contribution in [0.15, 0.2) is 0 Å². The van der Waals surface area contributed by atoms with Crippen molar-refractivity contribution in [3.8, 4) is 0 Å². The Morgan fingerprint density at radius 1 is 0.667 bits per heavy atom. The lowest BCUT2D eigenvalue weighted by Crippen LogP contribution is -2.67. The van der Waals surface area contributed by atoms with E-state index < -0.39 is 73.8 Å². The monoisotopic (exact) mass is 763 g/mol. The van der Waals surface area contributed by atoms with Crippen LogP contribution in [0.1, 0.15) is 118 Å².